The zero-order valence-electron chi connectivity index (χ0n) is 13.4. The first kappa shape index (κ1) is 15.7. The van der Waals surface area contributed by atoms with E-state index in [2.05, 4.69) is 9.97 Å². The van der Waals surface area contributed by atoms with E-state index >= 15 is 0 Å². The quantitative estimate of drug-likeness (QED) is 0.447. The van der Waals surface area contributed by atoms with Crippen molar-refractivity contribution in [1.82, 2.24) is 9.97 Å². The van der Waals surface area contributed by atoms with Crippen LogP contribution in [-0.4, -0.2) is 34.6 Å². The Morgan fingerprint density at radius 3 is 2.79 bits per heavy atom. The van der Waals surface area contributed by atoms with Gasteiger partial charge in [0.05, 0.1) is 35.2 Å². The van der Waals surface area contributed by atoms with Gasteiger partial charge in [0, 0.05) is 23.0 Å². The highest BCUT2D eigenvalue weighted by molar-refractivity contribution is 6.14. The number of nitro groups is 1. The maximum Gasteiger partial charge on any atom is 0.360 e. The highest BCUT2D eigenvalue weighted by Gasteiger charge is 2.23. The van der Waals surface area contributed by atoms with Crippen LogP contribution in [0.1, 0.15) is 23.1 Å². The summed E-state index contributed by atoms with van der Waals surface area (Å²) in [6.07, 6.45) is 0. The number of H-pyrrole nitrogens is 1. The highest BCUT2D eigenvalue weighted by atomic mass is 16.6. The first-order chi connectivity index (χ1) is 11.5. The van der Waals surface area contributed by atoms with E-state index in [0.29, 0.717) is 27.5 Å². The predicted octanol–water partition coefficient (Wildman–Crippen LogP) is 3.12. The van der Waals surface area contributed by atoms with E-state index in [0.717, 1.165) is 0 Å². The summed E-state index contributed by atoms with van der Waals surface area (Å²) in [5.41, 5.74) is 1.94. The first-order valence-electron chi connectivity index (χ1n) is 7.29. The fourth-order valence-electron chi connectivity index (χ4n) is 2.73. The second-order valence-corrected chi connectivity index (χ2v) is 5.16. The van der Waals surface area contributed by atoms with Crippen molar-refractivity contribution < 1.29 is 19.2 Å². The summed E-state index contributed by atoms with van der Waals surface area (Å²) < 4.78 is 10.4. The minimum Gasteiger partial charge on any atom is -0.493 e. The Labute approximate surface area is 136 Å². The van der Waals surface area contributed by atoms with Crippen molar-refractivity contribution in [2.45, 2.75) is 13.8 Å². The zero-order valence-corrected chi connectivity index (χ0v) is 13.4. The summed E-state index contributed by atoms with van der Waals surface area (Å²) in [7, 11) is 1.42. The van der Waals surface area contributed by atoms with Crippen molar-refractivity contribution in [1.29, 1.82) is 0 Å². The van der Waals surface area contributed by atoms with Crippen LogP contribution >= 0.6 is 0 Å². The number of ether oxygens (including phenoxy) is 2. The number of rotatable bonds is 4. The smallest absolute Gasteiger partial charge is 0.360 e. The van der Waals surface area contributed by atoms with E-state index < -0.39 is 10.9 Å². The number of nitrogens with zero attached hydrogens (tertiary/aromatic N) is 2. The number of nitro benzene ring substituents is 1. The van der Waals surface area contributed by atoms with Gasteiger partial charge in [-0.3, -0.25) is 10.1 Å². The van der Waals surface area contributed by atoms with Crippen LogP contribution in [0.2, 0.25) is 0 Å². The fourth-order valence-corrected chi connectivity index (χ4v) is 2.73. The van der Waals surface area contributed by atoms with Gasteiger partial charge in [0.15, 0.2) is 11.4 Å². The number of benzene rings is 1. The Kier molecular flexibility index (Phi) is 3.80. The second-order valence-electron chi connectivity index (χ2n) is 5.16. The molecule has 3 rings (SSSR count). The first-order valence-corrected chi connectivity index (χ1v) is 7.29. The molecule has 8 heteroatoms. The number of carbonyl (C=O) groups is 1. The molecule has 8 nitrogen and oxygen atoms in total. The molecule has 2 aromatic heterocycles. The summed E-state index contributed by atoms with van der Waals surface area (Å²) in [4.78, 5) is 30.2. The van der Waals surface area contributed by atoms with Crippen LogP contribution in [0.3, 0.4) is 0 Å². The SMILES string of the molecule is CCOC(=O)c1nc(C)c2[nH]c3ccc([N+](=O)[O-])cc3c2c1OC. The number of aryl methyl sites for hydroxylation is 1. The van der Waals surface area contributed by atoms with Gasteiger partial charge >= 0.3 is 5.97 Å². The van der Waals surface area contributed by atoms with Crippen LogP contribution in [-0.2, 0) is 4.74 Å². The highest BCUT2D eigenvalue weighted by Crippen LogP contribution is 2.37. The number of carbonyl (C=O) groups excluding carboxylic acids is 1. The largest absolute Gasteiger partial charge is 0.493 e. The van der Waals surface area contributed by atoms with Gasteiger partial charge < -0.3 is 14.5 Å². The molecule has 0 aliphatic carbocycles. The van der Waals surface area contributed by atoms with Crippen molar-refractivity contribution in [2.75, 3.05) is 13.7 Å². The predicted molar refractivity (Wildman–Crippen MR) is 87.5 cm³/mol. The monoisotopic (exact) mass is 329 g/mol. The number of non-ortho nitro benzene ring substituents is 1. The van der Waals surface area contributed by atoms with Crippen LogP contribution in [0, 0.1) is 17.0 Å². The number of methoxy groups -OCH3 is 1. The molecule has 0 aliphatic heterocycles. The number of hydrogen-bond donors (Lipinski definition) is 1. The van der Waals surface area contributed by atoms with Gasteiger partial charge in [0.1, 0.15) is 0 Å². The number of nitrogens with one attached hydrogen (secondary N) is 1. The van der Waals surface area contributed by atoms with E-state index in [1.165, 1.54) is 19.2 Å². The Balaban J connectivity index is 2.42. The molecule has 0 radical (unpaired) electrons. The molecule has 124 valence electrons. The number of pyridine rings is 1. The van der Waals surface area contributed by atoms with Crippen LogP contribution < -0.4 is 4.74 Å². The normalized spacial score (nSPS) is 11.0. The maximum absolute atomic E-state index is 12.2. The minimum atomic E-state index is -0.598. The lowest BCUT2D eigenvalue weighted by Crippen LogP contribution is -2.10. The number of hydrogen-bond acceptors (Lipinski definition) is 6. The summed E-state index contributed by atoms with van der Waals surface area (Å²) >= 11 is 0. The van der Waals surface area contributed by atoms with Gasteiger partial charge in [-0.15, -0.1) is 0 Å². The molecular weight excluding hydrogens is 314 g/mol. The van der Waals surface area contributed by atoms with Crippen molar-refractivity contribution >= 4 is 33.5 Å². The van der Waals surface area contributed by atoms with E-state index in [-0.39, 0.29) is 23.7 Å². The number of fused-ring (bicyclic) bond motifs is 3. The Morgan fingerprint density at radius 1 is 1.42 bits per heavy atom. The molecule has 0 saturated carbocycles. The lowest BCUT2D eigenvalue weighted by Gasteiger charge is -2.10. The Bertz CT molecular complexity index is 977. The van der Waals surface area contributed by atoms with Crippen molar-refractivity contribution in [3.8, 4) is 5.75 Å². The van der Waals surface area contributed by atoms with Gasteiger partial charge in [-0.05, 0) is 19.9 Å². The summed E-state index contributed by atoms with van der Waals surface area (Å²) in [5.74, 6) is -0.361. The number of aromatic amines is 1. The molecule has 0 amide bonds. The van der Waals surface area contributed by atoms with Gasteiger partial charge in [0.2, 0.25) is 0 Å². The van der Waals surface area contributed by atoms with Gasteiger partial charge in [-0.1, -0.05) is 0 Å². The van der Waals surface area contributed by atoms with E-state index in [9.17, 15) is 14.9 Å². The lowest BCUT2D eigenvalue weighted by atomic mass is 10.1. The molecular formula is C16H15N3O5. The molecule has 0 spiro atoms. The third-order valence-corrected chi connectivity index (χ3v) is 3.75. The molecule has 0 saturated heterocycles. The van der Waals surface area contributed by atoms with E-state index in [4.69, 9.17) is 9.47 Å². The van der Waals surface area contributed by atoms with Crippen molar-refractivity contribution in [3.63, 3.8) is 0 Å². The maximum atomic E-state index is 12.2. The average Bonchev–Trinajstić information content (AvgIpc) is 2.94. The number of esters is 1. The Morgan fingerprint density at radius 2 is 2.17 bits per heavy atom. The molecule has 1 N–H and O–H groups in total. The van der Waals surface area contributed by atoms with Gasteiger partial charge in [0.25, 0.3) is 5.69 Å². The molecule has 1 aromatic carbocycles. The summed E-state index contributed by atoms with van der Waals surface area (Å²) in [6.45, 7) is 3.65. The summed E-state index contributed by atoms with van der Waals surface area (Å²) in [6, 6.07) is 4.49. The molecule has 3 aromatic rings. The minimum absolute atomic E-state index is 0.0439. The van der Waals surface area contributed by atoms with Gasteiger partial charge in [-0.2, -0.15) is 0 Å². The second kappa shape index (κ2) is 5.80. The van der Waals surface area contributed by atoms with E-state index in [1.54, 1.807) is 19.9 Å². The average molecular weight is 329 g/mol. The molecule has 2 heterocycles. The molecule has 0 bridgehead atoms. The van der Waals surface area contributed by atoms with Crippen LogP contribution in [0.25, 0.3) is 21.8 Å². The third kappa shape index (κ3) is 2.32. The van der Waals surface area contributed by atoms with Crippen molar-refractivity contribution in [2.24, 2.45) is 0 Å². The zero-order chi connectivity index (χ0) is 17.4. The molecule has 24 heavy (non-hydrogen) atoms. The van der Waals surface area contributed by atoms with E-state index in [1.807, 2.05) is 0 Å². The van der Waals surface area contributed by atoms with Crippen LogP contribution in [0.5, 0.6) is 5.75 Å². The Hall–Kier alpha value is -3.16. The molecule has 0 atom stereocenters. The fraction of sp³-hybridized carbons (Fsp3) is 0.250. The number of aromatic nitrogens is 2. The summed E-state index contributed by atoms with van der Waals surface area (Å²) in [5, 5.41) is 12.2. The third-order valence-electron chi connectivity index (χ3n) is 3.75. The van der Waals surface area contributed by atoms with Crippen molar-refractivity contribution in [3.05, 3.63) is 39.7 Å². The lowest BCUT2D eigenvalue weighted by molar-refractivity contribution is -0.384. The molecule has 0 unspecified atom stereocenters. The van der Waals surface area contributed by atoms with Crippen LogP contribution in [0.4, 0.5) is 5.69 Å². The van der Waals surface area contributed by atoms with Gasteiger partial charge in [-0.25, -0.2) is 9.78 Å². The topological polar surface area (TPSA) is 107 Å². The molecule has 0 aliphatic rings. The standard InChI is InChI=1S/C16H15N3O5/c1-4-24-16(20)14-15(23-3)12-10-7-9(19(21)22)5-6-11(10)18-13(12)8(2)17-14/h5-7,18H,4H2,1-3H3. The molecule has 0 fully saturated rings. The van der Waals surface area contributed by atoms with Crippen LogP contribution in [0.15, 0.2) is 18.2 Å².